The molecule has 1 aromatic heterocycles. The molecule has 0 saturated carbocycles. The molecule has 166 valence electrons. The van der Waals surface area contributed by atoms with Gasteiger partial charge in [0.05, 0.1) is 11.6 Å². The van der Waals surface area contributed by atoms with Crippen LogP contribution >= 0.6 is 0 Å². The highest BCUT2D eigenvalue weighted by molar-refractivity contribution is 5.31. The maximum Gasteiger partial charge on any atom is 0.414 e. The van der Waals surface area contributed by atoms with Crippen LogP contribution in [0.5, 0.6) is 0 Å². The van der Waals surface area contributed by atoms with Gasteiger partial charge in [-0.3, -0.25) is 9.88 Å². The second kappa shape index (κ2) is 8.60. The number of aromatic nitrogens is 1. The topological polar surface area (TPSA) is 60.2 Å². The van der Waals surface area contributed by atoms with Gasteiger partial charge in [0.15, 0.2) is 6.10 Å². The van der Waals surface area contributed by atoms with Crippen LogP contribution < -0.4 is 0 Å². The van der Waals surface area contributed by atoms with E-state index in [-0.39, 0.29) is 19.4 Å². The summed E-state index contributed by atoms with van der Waals surface area (Å²) in [5.41, 5.74) is 1.37. The Labute approximate surface area is 181 Å². The molecule has 0 bridgehead atoms. The lowest BCUT2D eigenvalue weighted by Gasteiger charge is -2.40. The molecule has 7 heteroatoms. The van der Waals surface area contributed by atoms with Gasteiger partial charge in [-0.05, 0) is 75.9 Å². The number of benzene rings is 1. The molecule has 0 aliphatic carbocycles. The first-order chi connectivity index (χ1) is 14.5. The highest BCUT2D eigenvalue weighted by Gasteiger charge is 2.56. The van der Waals surface area contributed by atoms with Crippen molar-refractivity contribution in [1.29, 1.82) is 5.26 Å². The number of halogens is 3. The molecule has 1 N–H and O–H groups in total. The van der Waals surface area contributed by atoms with Crippen molar-refractivity contribution in [2.24, 2.45) is 5.41 Å². The normalized spacial score (nSPS) is 21.1. The summed E-state index contributed by atoms with van der Waals surface area (Å²) >= 11 is 0. The Kier molecular flexibility index (Phi) is 6.45. The fourth-order valence-corrected chi connectivity index (χ4v) is 4.44. The molecule has 2 heterocycles. The Morgan fingerprint density at radius 1 is 1.19 bits per heavy atom. The van der Waals surface area contributed by atoms with Crippen LogP contribution in [0.15, 0.2) is 42.6 Å². The maximum absolute atomic E-state index is 13.6. The largest absolute Gasteiger partial charge is 0.414 e. The molecular formula is C24H28F3N3O. The standard InChI is InChI=1S/C24H28F3N3O/c1-17-4-9-20(15-29-17)22(2,3)30-13-12-23(16-30,21(31)24(25,26)27)11-10-18-5-7-19(14-28)8-6-18/h4-9,15,21,31H,10-13,16H2,1-3H3/t21?,23-/m1/s1. The Hall–Kier alpha value is -2.43. The average molecular weight is 432 g/mol. The fraction of sp³-hybridized carbons (Fsp3) is 0.500. The van der Waals surface area contributed by atoms with Crippen molar-refractivity contribution in [1.82, 2.24) is 9.88 Å². The van der Waals surface area contributed by atoms with E-state index < -0.39 is 23.2 Å². The van der Waals surface area contributed by atoms with Crippen molar-refractivity contribution in [2.45, 2.75) is 57.9 Å². The van der Waals surface area contributed by atoms with Crippen molar-refractivity contribution in [3.63, 3.8) is 0 Å². The van der Waals surface area contributed by atoms with Crippen molar-refractivity contribution >= 4 is 0 Å². The van der Waals surface area contributed by atoms with Crippen LogP contribution in [-0.4, -0.2) is 40.4 Å². The quantitative estimate of drug-likeness (QED) is 0.717. The van der Waals surface area contributed by atoms with Gasteiger partial charge < -0.3 is 5.11 Å². The minimum Gasteiger partial charge on any atom is -0.383 e. The third kappa shape index (κ3) is 4.91. The molecule has 31 heavy (non-hydrogen) atoms. The van der Waals surface area contributed by atoms with Gasteiger partial charge in [0.1, 0.15) is 0 Å². The van der Waals surface area contributed by atoms with E-state index in [4.69, 9.17) is 5.26 Å². The first-order valence-corrected chi connectivity index (χ1v) is 10.4. The Bertz CT molecular complexity index is 933. The molecule has 1 aliphatic rings. The molecule has 1 fully saturated rings. The molecule has 1 aliphatic heterocycles. The molecule has 0 radical (unpaired) electrons. The number of aryl methyl sites for hydroxylation is 2. The number of aliphatic hydroxyl groups excluding tert-OH is 1. The van der Waals surface area contributed by atoms with Gasteiger partial charge in [-0.15, -0.1) is 0 Å². The SMILES string of the molecule is Cc1ccc(C(C)(C)N2CC[C@@](CCc3ccc(C#N)cc3)(C(O)C(F)(F)F)C2)cn1. The molecular weight excluding hydrogens is 403 g/mol. The summed E-state index contributed by atoms with van der Waals surface area (Å²) in [6, 6.07) is 12.8. The average Bonchev–Trinajstić information content (AvgIpc) is 3.18. The van der Waals surface area contributed by atoms with Crippen LogP contribution in [0, 0.1) is 23.7 Å². The molecule has 0 amide bonds. The summed E-state index contributed by atoms with van der Waals surface area (Å²) in [6.45, 7) is 6.46. The lowest BCUT2D eigenvalue weighted by Crippen LogP contribution is -2.49. The smallest absolute Gasteiger partial charge is 0.383 e. The lowest BCUT2D eigenvalue weighted by molar-refractivity contribution is -0.239. The lowest BCUT2D eigenvalue weighted by atomic mass is 9.75. The minimum atomic E-state index is -4.68. The maximum atomic E-state index is 13.6. The summed E-state index contributed by atoms with van der Waals surface area (Å²) in [7, 11) is 0. The van der Waals surface area contributed by atoms with Gasteiger partial charge in [-0.1, -0.05) is 18.2 Å². The summed E-state index contributed by atoms with van der Waals surface area (Å²) in [5, 5.41) is 19.3. The Balaban J connectivity index is 1.84. The molecule has 3 rings (SSSR count). The van der Waals surface area contributed by atoms with E-state index in [1.165, 1.54) is 0 Å². The van der Waals surface area contributed by atoms with Gasteiger partial charge in [-0.2, -0.15) is 18.4 Å². The number of pyridine rings is 1. The second-order valence-electron chi connectivity index (χ2n) is 9.03. The molecule has 2 atom stereocenters. The van der Waals surface area contributed by atoms with Crippen molar-refractivity contribution in [3.05, 3.63) is 65.0 Å². The van der Waals surface area contributed by atoms with E-state index in [9.17, 15) is 18.3 Å². The van der Waals surface area contributed by atoms with Gasteiger partial charge in [0, 0.05) is 29.4 Å². The number of hydrogen-bond acceptors (Lipinski definition) is 4. The number of alkyl halides is 3. The monoisotopic (exact) mass is 431 g/mol. The van der Waals surface area contributed by atoms with Crippen LogP contribution in [-0.2, 0) is 12.0 Å². The molecule has 1 saturated heterocycles. The highest BCUT2D eigenvalue weighted by Crippen LogP contribution is 2.47. The zero-order valence-electron chi connectivity index (χ0n) is 18.1. The first-order valence-electron chi connectivity index (χ1n) is 10.4. The van der Waals surface area contributed by atoms with E-state index in [0.717, 1.165) is 16.8 Å². The van der Waals surface area contributed by atoms with E-state index in [1.54, 1.807) is 30.5 Å². The zero-order chi connectivity index (χ0) is 22.9. The molecule has 4 nitrogen and oxygen atoms in total. The molecule has 1 aromatic carbocycles. The molecule has 2 aromatic rings. The molecule has 1 unspecified atom stereocenters. The van der Waals surface area contributed by atoms with Crippen LogP contribution in [0.3, 0.4) is 0 Å². The van der Waals surface area contributed by atoms with Crippen LogP contribution in [0.4, 0.5) is 13.2 Å². The Morgan fingerprint density at radius 2 is 1.87 bits per heavy atom. The summed E-state index contributed by atoms with van der Waals surface area (Å²) < 4.78 is 40.9. The van der Waals surface area contributed by atoms with Crippen LogP contribution in [0.25, 0.3) is 0 Å². The van der Waals surface area contributed by atoms with E-state index in [2.05, 4.69) is 4.98 Å². The number of rotatable bonds is 6. The van der Waals surface area contributed by atoms with E-state index in [1.807, 2.05) is 43.9 Å². The number of aliphatic hydroxyl groups is 1. The Morgan fingerprint density at radius 3 is 2.42 bits per heavy atom. The summed E-state index contributed by atoms with van der Waals surface area (Å²) in [6.07, 6.45) is -4.44. The predicted octanol–water partition coefficient (Wildman–Crippen LogP) is 4.74. The third-order valence-electron chi connectivity index (χ3n) is 6.68. The van der Waals surface area contributed by atoms with Crippen LogP contribution in [0.1, 0.15) is 49.1 Å². The summed E-state index contributed by atoms with van der Waals surface area (Å²) in [5.74, 6) is 0. The van der Waals surface area contributed by atoms with Crippen molar-refractivity contribution in [2.75, 3.05) is 13.1 Å². The zero-order valence-corrected chi connectivity index (χ0v) is 18.1. The van der Waals surface area contributed by atoms with Crippen LogP contribution in [0.2, 0.25) is 0 Å². The number of likely N-dealkylation sites (tertiary alicyclic amines) is 1. The van der Waals surface area contributed by atoms with Gasteiger partial charge in [0.2, 0.25) is 0 Å². The number of hydrogen-bond donors (Lipinski definition) is 1. The second-order valence-corrected chi connectivity index (χ2v) is 9.03. The van der Waals surface area contributed by atoms with Gasteiger partial charge >= 0.3 is 6.18 Å². The van der Waals surface area contributed by atoms with Crippen molar-refractivity contribution < 1.29 is 18.3 Å². The first kappa shape index (κ1) is 23.2. The van der Waals surface area contributed by atoms with Gasteiger partial charge in [-0.25, -0.2) is 0 Å². The number of nitrogens with zero attached hydrogens (tertiary/aromatic N) is 3. The van der Waals surface area contributed by atoms with Crippen molar-refractivity contribution in [3.8, 4) is 6.07 Å². The number of nitriles is 1. The highest BCUT2D eigenvalue weighted by atomic mass is 19.4. The summed E-state index contributed by atoms with van der Waals surface area (Å²) in [4.78, 5) is 6.36. The fourth-order valence-electron chi connectivity index (χ4n) is 4.44. The molecule has 0 spiro atoms. The minimum absolute atomic E-state index is 0.144. The van der Waals surface area contributed by atoms with E-state index in [0.29, 0.717) is 18.5 Å². The predicted molar refractivity (Wildman–Crippen MR) is 112 cm³/mol. The van der Waals surface area contributed by atoms with Gasteiger partial charge in [0.25, 0.3) is 0 Å². The van der Waals surface area contributed by atoms with E-state index >= 15 is 0 Å². The third-order valence-corrected chi connectivity index (χ3v) is 6.68.